The largest absolute Gasteiger partial charge is 0.502 e. The van der Waals surface area contributed by atoms with E-state index in [4.69, 9.17) is 18.9 Å². The Bertz CT molecular complexity index is 319. The van der Waals surface area contributed by atoms with Crippen LogP contribution in [-0.4, -0.2) is 38.4 Å². The fourth-order valence-electron chi connectivity index (χ4n) is 1.80. The van der Waals surface area contributed by atoms with E-state index in [0.717, 1.165) is 25.7 Å². The molecule has 0 spiro atoms. The van der Waals surface area contributed by atoms with E-state index in [0.29, 0.717) is 52.1 Å². The second-order valence-corrected chi connectivity index (χ2v) is 5.14. The molecule has 6 nitrogen and oxygen atoms in total. The van der Waals surface area contributed by atoms with E-state index in [1.54, 1.807) is 0 Å². The molecule has 0 saturated heterocycles. The molecule has 0 aliphatic carbocycles. The van der Waals surface area contributed by atoms with Crippen molar-refractivity contribution in [1.82, 2.24) is 0 Å². The van der Waals surface area contributed by atoms with Gasteiger partial charge in [0.1, 0.15) is 0 Å². The number of hydrogen-bond acceptors (Lipinski definition) is 6. The molecule has 0 atom stereocenters. The van der Waals surface area contributed by atoms with Gasteiger partial charge in [-0.3, -0.25) is 9.59 Å². The molecule has 0 aliphatic heterocycles. The van der Waals surface area contributed by atoms with Crippen molar-refractivity contribution in [2.45, 2.75) is 51.4 Å². The Morgan fingerprint density at radius 1 is 0.625 bits per heavy atom. The maximum absolute atomic E-state index is 11.5. The number of carbonyl (C=O) groups excluding carboxylic acids is 2. The minimum absolute atomic E-state index is 0.227. The van der Waals surface area contributed by atoms with E-state index < -0.39 is 0 Å². The highest BCUT2D eigenvalue weighted by Crippen LogP contribution is 2.04. The third kappa shape index (κ3) is 16.4. The van der Waals surface area contributed by atoms with E-state index >= 15 is 0 Å². The molecule has 0 rings (SSSR count). The summed E-state index contributed by atoms with van der Waals surface area (Å²) in [6.45, 7) is 8.86. The summed E-state index contributed by atoms with van der Waals surface area (Å²) >= 11 is 0. The Kier molecular flexibility index (Phi) is 15.9. The highest BCUT2D eigenvalue weighted by molar-refractivity contribution is 5.70. The molecule has 6 heteroatoms. The minimum atomic E-state index is -0.227. The van der Waals surface area contributed by atoms with Crippen molar-refractivity contribution < 1.29 is 28.5 Å². The van der Waals surface area contributed by atoms with Crippen molar-refractivity contribution in [3.8, 4) is 0 Å². The van der Waals surface area contributed by atoms with E-state index in [1.807, 2.05) is 0 Å². The molecular weight excluding hydrogens is 312 g/mol. The van der Waals surface area contributed by atoms with Crippen molar-refractivity contribution in [3.05, 3.63) is 25.7 Å². The Labute approximate surface area is 144 Å². The smallest absolute Gasteiger partial charge is 0.305 e. The van der Waals surface area contributed by atoms with Crippen LogP contribution in [0, 0.1) is 0 Å². The lowest BCUT2D eigenvalue weighted by atomic mass is 10.2. The molecule has 0 unspecified atom stereocenters. The van der Waals surface area contributed by atoms with Crippen LogP contribution in [0.15, 0.2) is 25.7 Å². The maximum atomic E-state index is 11.5. The average molecular weight is 342 g/mol. The first-order valence-electron chi connectivity index (χ1n) is 8.47. The monoisotopic (exact) mass is 342 g/mol. The minimum Gasteiger partial charge on any atom is -0.502 e. The van der Waals surface area contributed by atoms with Crippen molar-refractivity contribution in [2.24, 2.45) is 0 Å². The molecule has 0 radical (unpaired) electrons. The zero-order chi connectivity index (χ0) is 17.9. The van der Waals surface area contributed by atoms with Gasteiger partial charge in [0.15, 0.2) is 0 Å². The zero-order valence-electron chi connectivity index (χ0n) is 14.5. The molecule has 0 saturated carbocycles. The van der Waals surface area contributed by atoms with Gasteiger partial charge in [0.2, 0.25) is 0 Å². The second kappa shape index (κ2) is 17.4. The van der Waals surface area contributed by atoms with Gasteiger partial charge in [0.05, 0.1) is 39.0 Å². The predicted octanol–water partition coefficient (Wildman–Crippen LogP) is 3.51. The van der Waals surface area contributed by atoms with E-state index in [2.05, 4.69) is 13.2 Å². The standard InChI is InChI=1S/C18H30O6/c1-3-21-13-7-9-15-23-17(19)11-5-6-12-18(20)24-16-10-8-14-22-4-2/h3-4H,1-2,5-16H2. The Balaban J connectivity index is 3.34. The fourth-order valence-corrected chi connectivity index (χ4v) is 1.80. The summed E-state index contributed by atoms with van der Waals surface area (Å²) in [7, 11) is 0. The van der Waals surface area contributed by atoms with Crippen LogP contribution in [-0.2, 0) is 28.5 Å². The normalized spacial score (nSPS) is 9.83. The first-order chi connectivity index (χ1) is 11.7. The van der Waals surface area contributed by atoms with Crippen LogP contribution in [0.5, 0.6) is 0 Å². The molecule has 0 aromatic carbocycles. The number of carbonyl (C=O) groups is 2. The van der Waals surface area contributed by atoms with E-state index in [-0.39, 0.29) is 11.9 Å². The first kappa shape index (κ1) is 22.0. The van der Waals surface area contributed by atoms with Crippen LogP contribution in [0.1, 0.15) is 51.4 Å². The summed E-state index contributed by atoms with van der Waals surface area (Å²) in [6, 6.07) is 0. The molecule has 0 amide bonds. The lowest BCUT2D eigenvalue weighted by Gasteiger charge is -2.06. The van der Waals surface area contributed by atoms with Crippen LogP contribution in [0.25, 0.3) is 0 Å². The maximum Gasteiger partial charge on any atom is 0.305 e. The summed E-state index contributed by atoms with van der Waals surface area (Å²) in [5.41, 5.74) is 0. The lowest BCUT2D eigenvalue weighted by Crippen LogP contribution is -2.08. The predicted molar refractivity (Wildman–Crippen MR) is 91.2 cm³/mol. The van der Waals surface area contributed by atoms with Crippen LogP contribution >= 0.6 is 0 Å². The quantitative estimate of drug-likeness (QED) is 0.229. The molecule has 0 fully saturated rings. The first-order valence-corrected chi connectivity index (χ1v) is 8.47. The SMILES string of the molecule is C=COCCCCOC(=O)CCCCC(=O)OCCCCOC=C. The lowest BCUT2D eigenvalue weighted by molar-refractivity contribution is -0.146. The van der Waals surface area contributed by atoms with Crippen molar-refractivity contribution >= 4 is 11.9 Å². The second-order valence-electron chi connectivity index (χ2n) is 5.14. The number of unbranched alkanes of at least 4 members (excludes halogenated alkanes) is 3. The summed E-state index contributed by atoms with van der Waals surface area (Å²) in [5.74, 6) is -0.453. The Hall–Kier alpha value is -1.98. The Morgan fingerprint density at radius 3 is 1.38 bits per heavy atom. The molecule has 0 N–H and O–H groups in total. The summed E-state index contributed by atoms with van der Waals surface area (Å²) in [6.07, 6.45) is 7.89. The van der Waals surface area contributed by atoms with E-state index in [9.17, 15) is 9.59 Å². The van der Waals surface area contributed by atoms with Crippen molar-refractivity contribution in [2.75, 3.05) is 26.4 Å². The van der Waals surface area contributed by atoms with Gasteiger partial charge in [0, 0.05) is 12.8 Å². The topological polar surface area (TPSA) is 71.1 Å². The van der Waals surface area contributed by atoms with Crippen molar-refractivity contribution in [3.63, 3.8) is 0 Å². The fraction of sp³-hybridized carbons (Fsp3) is 0.667. The number of rotatable bonds is 17. The van der Waals surface area contributed by atoms with Gasteiger partial charge in [-0.15, -0.1) is 0 Å². The van der Waals surface area contributed by atoms with Gasteiger partial charge < -0.3 is 18.9 Å². The highest BCUT2D eigenvalue weighted by Gasteiger charge is 2.06. The van der Waals surface area contributed by atoms with E-state index in [1.165, 1.54) is 12.5 Å². The average Bonchev–Trinajstić information content (AvgIpc) is 2.58. The van der Waals surface area contributed by atoms with Gasteiger partial charge in [0.25, 0.3) is 0 Å². The van der Waals surface area contributed by atoms with Crippen LogP contribution in [0.3, 0.4) is 0 Å². The van der Waals surface area contributed by atoms with Gasteiger partial charge in [-0.25, -0.2) is 0 Å². The van der Waals surface area contributed by atoms with Crippen LogP contribution in [0.4, 0.5) is 0 Å². The number of esters is 2. The number of hydrogen-bond donors (Lipinski definition) is 0. The molecule has 0 aromatic rings. The third-order valence-corrected chi connectivity index (χ3v) is 3.09. The molecule has 0 aromatic heterocycles. The van der Waals surface area contributed by atoms with Crippen LogP contribution in [0.2, 0.25) is 0 Å². The van der Waals surface area contributed by atoms with Crippen LogP contribution < -0.4 is 0 Å². The Morgan fingerprint density at radius 2 is 1.00 bits per heavy atom. The third-order valence-electron chi connectivity index (χ3n) is 3.09. The molecule has 0 aliphatic rings. The molecule has 0 heterocycles. The summed E-state index contributed by atoms with van der Waals surface area (Å²) in [4.78, 5) is 22.9. The molecular formula is C18H30O6. The van der Waals surface area contributed by atoms with Gasteiger partial charge in [-0.05, 0) is 38.5 Å². The summed E-state index contributed by atoms with van der Waals surface area (Å²) in [5, 5.41) is 0. The zero-order valence-corrected chi connectivity index (χ0v) is 14.5. The highest BCUT2D eigenvalue weighted by atomic mass is 16.5. The van der Waals surface area contributed by atoms with Gasteiger partial charge in [-0.1, -0.05) is 13.2 Å². The number of ether oxygens (including phenoxy) is 4. The molecule has 138 valence electrons. The summed E-state index contributed by atoms with van der Waals surface area (Å²) < 4.78 is 20.1. The molecule has 0 bridgehead atoms. The molecule has 24 heavy (non-hydrogen) atoms. The van der Waals surface area contributed by atoms with Crippen molar-refractivity contribution in [1.29, 1.82) is 0 Å². The van der Waals surface area contributed by atoms with Gasteiger partial charge >= 0.3 is 11.9 Å². The van der Waals surface area contributed by atoms with Gasteiger partial charge in [-0.2, -0.15) is 0 Å².